The summed E-state index contributed by atoms with van der Waals surface area (Å²) in [6.07, 6.45) is 3.61. The second kappa shape index (κ2) is 4.37. The standard InChI is InChI=1S/C9H14N4O2S2/c1-7(11-17(14,15)12(2)3)9-10-6-8-13(9)4-5-16-8/h4-7,11H,1-3H3. The number of fused-ring (bicyclic) bond motifs is 1. The molecule has 0 fully saturated rings. The van der Waals surface area contributed by atoms with Crippen molar-refractivity contribution in [3.8, 4) is 0 Å². The van der Waals surface area contributed by atoms with Gasteiger partial charge in [0.25, 0.3) is 10.2 Å². The van der Waals surface area contributed by atoms with Gasteiger partial charge in [-0.25, -0.2) is 4.98 Å². The summed E-state index contributed by atoms with van der Waals surface area (Å²) >= 11 is 1.56. The Morgan fingerprint density at radius 2 is 2.24 bits per heavy atom. The zero-order valence-electron chi connectivity index (χ0n) is 9.78. The quantitative estimate of drug-likeness (QED) is 0.899. The lowest BCUT2D eigenvalue weighted by Gasteiger charge is -2.16. The topological polar surface area (TPSA) is 66.7 Å². The zero-order valence-corrected chi connectivity index (χ0v) is 11.4. The molecule has 0 bridgehead atoms. The molecular formula is C9H14N4O2S2. The van der Waals surface area contributed by atoms with Gasteiger partial charge in [0.15, 0.2) is 0 Å². The minimum atomic E-state index is -3.44. The molecule has 1 atom stereocenters. The fourth-order valence-electron chi connectivity index (χ4n) is 1.46. The van der Waals surface area contributed by atoms with Crippen LogP contribution in [0, 0.1) is 0 Å². The molecule has 0 aliphatic carbocycles. The second-order valence-electron chi connectivity index (χ2n) is 3.85. The number of aromatic nitrogens is 2. The largest absolute Gasteiger partial charge is 0.293 e. The number of rotatable bonds is 4. The molecule has 0 aromatic carbocycles. The fourth-order valence-corrected chi connectivity index (χ4v) is 2.93. The molecule has 6 nitrogen and oxygen atoms in total. The lowest BCUT2D eigenvalue weighted by molar-refractivity contribution is 0.490. The summed E-state index contributed by atoms with van der Waals surface area (Å²) in [7, 11) is -0.468. The molecular weight excluding hydrogens is 260 g/mol. The molecule has 94 valence electrons. The highest BCUT2D eigenvalue weighted by Gasteiger charge is 2.20. The Morgan fingerprint density at radius 1 is 1.53 bits per heavy atom. The van der Waals surface area contributed by atoms with E-state index in [0.29, 0.717) is 5.82 Å². The summed E-state index contributed by atoms with van der Waals surface area (Å²) in [6, 6.07) is -0.375. The molecule has 0 aliphatic heterocycles. The van der Waals surface area contributed by atoms with Crippen LogP contribution in [-0.4, -0.2) is 36.2 Å². The third-order valence-electron chi connectivity index (χ3n) is 2.38. The molecule has 1 N–H and O–H groups in total. The Balaban J connectivity index is 2.28. The van der Waals surface area contributed by atoms with E-state index < -0.39 is 10.2 Å². The summed E-state index contributed by atoms with van der Waals surface area (Å²) in [5, 5.41) is 1.94. The van der Waals surface area contributed by atoms with E-state index in [1.807, 2.05) is 16.0 Å². The smallest absolute Gasteiger partial charge is 0.279 e. The normalized spacial score (nSPS) is 14.6. The number of thiazole rings is 1. The van der Waals surface area contributed by atoms with E-state index in [4.69, 9.17) is 0 Å². The van der Waals surface area contributed by atoms with Crippen molar-refractivity contribution in [3.63, 3.8) is 0 Å². The van der Waals surface area contributed by atoms with Crippen LogP contribution < -0.4 is 4.72 Å². The fraction of sp³-hybridized carbons (Fsp3) is 0.444. The zero-order chi connectivity index (χ0) is 12.6. The van der Waals surface area contributed by atoms with E-state index in [-0.39, 0.29) is 6.04 Å². The number of nitrogens with one attached hydrogen (secondary N) is 1. The van der Waals surface area contributed by atoms with Crippen molar-refractivity contribution in [3.05, 3.63) is 23.6 Å². The van der Waals surface area contributed by atoms with Gasteiger partial charge in [0.2, 0.25) is 0 Å². The van der Waals surface area contributed by atoms with Crippen LogP contribution in [-0.2, 0) is 10.2 Å². The minimum Gasteiger partial charge on any atom is -0.293 e. The van der Waals surface area contributed by atoms with E-state index in [1.165, 1.54) is 14.1 Å². The molecule has 2 heterocycles. The lowest BCUT2D eigenvalue weighted by Crippen LogP contribution is -2.37. The average molecular weight is 274 g/mol. The lowest BCUT2D eigenvalue weighted by atomic mass is 10.3. The van der Waals surface area contributed by atoms with Crippen LogP contribution in [0.2, 0.25) is 0 Å². The Kier molecular flexibility index (Phi) is 3.21. The Bertz CT molecular complexity index is 614. The molecule has 0 aliphatic rings. The van der Waals surface area contributed by atoms with E-state index >= 15 is 0 Å². The first-order chi connectivity index (χ1) is 7.92. The molecule has 0 saturated heterocycles. The summed E-state index contributed by atoms with van der Waals surface area (Å²) in [5.74, 6) is 0.687. The van der Waals surface area contributed by atoms with Gasteiger partial charge >= 0.3 is 0 Å². The molecule has 0 amide bonds. The third-order valence-corrected chi connectivity index (χ3v) is 4.80. The maximum absolute atomic E-state index is 11.7. The van der Waals surface area contributed by atoms with Gasteiger partial charge in [0.1, 0.15) is 10.7 Å². The molecule has 0 spiro atoms. The van der Waals surface area contributed by atoms with E-state index in [9.17, 15) is 8.42 Å². The summed E-state index contributed by atoms with van der Waals surface area (Å²) in [6.45, 7) is 1.77. The summed E-state index contributed by atoms with van der Waals surface area (Å²) in [4.78, 5) is 5.22. The number of nitrogens with zero attached hydrogens (tertiary/aromatic N) is 3. The van der Waals surface area contributed by atoms with Gasteiger partial charge in [-0.1, -0.05) is 0 Å². The SMILES string of the molecule is CC(NS(=O)(=O)N(C)C)c1ncc2sccn12. The molecule has 0 radical (unpaired) electrons. The molecule has 1 unspecified atom stereocenters. The highest BCUT2D eigenvalue weighted by molar-refractivity contribution is 7.87. The Morgan fingerprint density at radius 3 is 2.88 bits per heavy atom. The van der Waals surface area contributed by atoms with Crippen molar-refractivity contribution in [2.24, 2.45) is 0 Å². The van der Waals surface area contributed by atoms with Crippen LogP contribution >= 0.6 is 11.3 Å². The molecule has 2 aromatic heterocycles. The molecule has 2 aromatic rings. The van der Waals surface area contributed by atoms with Crippen molar-refractivity contribution >= 4 is 26.4 Å². The van der Waals surface area contributed by atoms with Gasteiger partial charge in [-0.05, 0) is 6.92 Å². The van der Waals surface area contributed by atoms with Crippen molar-refractivity contribution in [2.75, 3.05) is 14.1 Å². The van der Waals surface area contributed by atoms with Crippen LogP contribution in [0.4, 0.5) is 0 Å². The van der Waals surface area contributed by atoms with Crippen molar-refractivity contribution in [2.45, 2.75) is 13.0 Å². The predicted molar refractivity (Wildman–Crippen MR) is 67.2 cm³/mol. The van der Waals surface area contributed by atoms with Crippen LogP contribution in [0.25, 0.3) is 4.83 Å². The number of hydrogen-bond acceptors (Lipinski definition) is 4. The van der Waals surface area contributed by atoms with Gasteiger partial charge < -0.3 is 0 Å². The maximum atomic E-state index is 11.7. The maximum Gasteiger partial charge on any atom is 0.279 e. The minimum absolute atomic E-state index is 0.375. The Hall–Kier alpha value is -0.960. The first-order valence-corrected chi connectivity index (χ1v) is 7.34. The van der Waals surface area contributed by atoms with E-state index in [0.717, 1.165) is 9.14 Å². The average Bonchev–Trinajstić information content (AvgIpc) is 2.75. The summed E-state index contributed by atoms with van der Waals surface area (Å²) < 4.78 is 29.0. The molecule has 0 saturated carbocycles. The highest BCUT2D eigenvalue weighted by atomic mass is 32.2. The van der Waals surface area contributed by atoms with Crippen molar-refractivity contribution < 1.29 is 8.42 Å². The molecule has 17 heavy (non-hydrogen) atoms. The van der Waals surface area contributed by atoms with E-state index in [2.05, 4.69) is 9.71 Å². The number of imidazole rings is 1. The van der Waals surface area contributed by atoms with Crippen LogP contribution in [0.15, 0.2) is 17.8 Å². The highest BCUT2D eigenvalue weighted by Crippen LogP contribution is 2.18. The van der Waals surface area contributed by atoms with Gasteiger partial charge in [0, 0.05) is 25.7 Å². The van der Waals surface area contributed by atoms with Crippen LogP contribution in [0.1, 0.15) is 18.8 Å². The first kappa shape index (κ1) is 12.5. The van der Waals surface area contributed by atoms with Crippen LogP contribution in [0.3, 0.4) is 0 Å². The van der Waals surface area contributed by atoms with Gasteiger partial charge in [-0.3, -0.25) is 4.40 Å². The molecule has 8 heteroatoms. The molecule has 2 rings (SSSR count). The second-order valence-corrected chi connectivity index (χ2v) is 6.70. The Labute approximate surface area is 104 Å². The first-order valence-electron chi connectivity index (χ1n) is 5.02. The van der Waals surface area contributed by atoms with Crippen LogP contribution in [0.5, 0.6) is 0 Å². The predicted octanol–water partition coefficient (Wildman–Crippen LogP) is 0.853. The van der Waals surface area contributed by atoms with Crippen molar-refractivity contribution in [1.82, 2.24) is 18.4 Å². The third kappa shape index (κ3) is 2.34. The number of hydrogen-bond donors (Lipinski definition) is 1. The van der Waals surface area contributed by atoms with Gasteiger partial charge in [-0.2, -0.15) is 17.4 Å². The van der Waals surface area contributed by atoms with Crippen molar-refractivity contribution in [1.29, 1.82) is 0 Å². The summed E-state index contributed by atoms with van der Waals surface area (Å²) in [5.41, 5.74) is 0. The van der Waals surface area contributed by atoms with Gasteiger partial charge in [-0.15, -0.1) is 11.3 Å². The van der Waals surface area contributed by atoms with E-state index in [1.54, 1.807) is 24.5 Å². The monoisotopic (exact) mass is 274 g/mol. The van der Waals surface area contributed by atoms with Gasteiger partial charge in [0.05, 0.1) is 12.2 Å².